The number of ether oxygens (including phenoxy) is 1. The molecule has 4 rings (SSSR count). The van der Waals surface area contributed by atoms with E-state index in [1.807, 2.05) is 6.92 Å². The number of aromatic nitrogens is 2. The minimum atomic E-state index is -2.78. The third-order valence-electron chi connectivity index (χ3n) is 6.57. The molecule has 1 fully saturated rings. The molecule has 8 heteroatoms. The van der Waals surface area contributed by atoms with Gasteiger partial charge in [0.25, 0.3) is 6.43 Å². The van der Waals surface area contributed by atoms with Crippen molar-refractivity contribution in [3.05, 3.63) is 66.0 Å². The summed E-state index contributed by atoms with van der Waals surface area (Å²) in [6, 6.07) is 15.2. The van der Waals surface area contributed by atoms with E-state index >= 15 is 0 Å². The molecular weight excluding hydrogens is 472 g/mol. The second-order valence-corrected chi connectivity index (χ2v) is 10.6. The number of hydrogen-bond acceptors (Lipinski definition) is 6. The van der Waals surface area contributed by atoms with E-state index in [0.29, 0.717) is 28.9 Å². The summed E-state index contributed by atoms with van der Waals surface area (Å²) in [4.78, 5) is 8.63. The van der Waals surface area contributed by atoms with Crippen molar-refractivity contribution in [2.75, 3.05) is 25.0 Å². The first-order valence-corrected chi connectivity index (χ1v) is 12.9. The summed E-state index contributed by atoms with van der Waals surface area (Å²) in [6.07, 6.45) is 1.88. The molecule has 37 heavy (non-hydrogen) atoms. The number of benzene rings is 1. The largest absolute Gasteiger partial charge is 0.490 e. The second-order valence-electron chi connectivity index (χ2n) is 10.6. The van der Waals surface area contributed by atoms with Crippen LogP contribution in [-0.2, 0) is 0 Å². The Labute approximate surface area is 218 Å². The van der Waals surface area contributed by atoms with E-state index in [0.717, 1.165) is 38.0 Å². The zero-order valence-electron chi connectivity index (χ0n) is 21.8. The molecule has 1 atom stereocenters. The molecule has 198 valence electrons. The third kappa shape index (κ3) is 7.46. The van der Waals surface area contributed by atoms with E-state index in [-0.39, 0.29) is 12.4 Å². The highest BCUT2D eigenvalue weighted by Gasteiger charge is 2.24. The van der Waals surface area contributed by atoms with Crippen molar-refractivity contribution in [2.24, 2.45) is 11.7 Å². The van der Waals surface area contributed by atoms with Gasteiger partial charge in [0, 0.05) is 23.0 Å². The van der Waals surface area contributed by atoms with E-state index in [9.17, 15) is 8.78 Å². The minimum absolute atomic E-state index is 0.0559. The lowest BCUT2D eigenvalue weighted by molar-refractivity contribution is 0.134. The van der Waals surface area contributed by atoms with Crippen LogP contribution in [0.1, 0.15) is 63.6 Å². The number of nitrogens with one attached hydrogen (secondary N) is 2. The summed E-state index contributed by atoms with van der Waals surface area (Å²) in [5.41, 5.74) is 8.64. The number of pyridine rings is 2. The molecule has 2 aromatic heterocycles. The zero-order valence-corrected chi connectivity index (χ0v) is 21.8. The maximum absolute atomic E-state index is 13.9. The van der Waals surface area contributed by atoms with Crippen molar-refractivity contribution in [3.8, 4) is 17.0 Å². The maximum atomic E-state index is 13.9. The molecule has 3 aromatic rings. The number of halogens is 2. The quantitative estimate of drug-likeness (QED) is 0.292. The van der Waals surface area contributed by atoms with Crippen LogP contribution in [0.5, 0.6) is 5.75 Å². The molecule has 3 heterocycles. The fourth-order valence-corrected chi connectivity index (χ4v) is 4.94. The maximum Gasteiger partial charge on any atom is 0.284 e. The van der Waals surface area contributed by atoms with Crippen LogP contribution in [0.25, 0.3) is 11.3 Å². The van der Waals surface area contributed by atoms with Crippen LogP contribution < -0.4 is 21.1 Å². The SMILES string of the molecule is CC(C)C[C@](C)(N)COc1ccc(-c2ccnc(Nc3ccc(C4CCNCC4)cc3)c2)nc1C(F)F. The van der Waals surface area contributed by atoms with Gasteiger partial charge in [-0.15, -0.1) is 0 Å². The average Bonchev–Trinajstić information content (AvgIpc) is 2.88. The Balaban J connectivity index is 1.47. The zero-order chi connectivity index (χ0) is 26.4. The monoisotopic (exact) mass is 509 g/mol. The first-order valence-electron chi connectivity index (χ1n) is 12.9. The first kappa shape index (κ1) is 26.9. The van der Waals surface area contributed by atoms with Crippen LogP contribution in [-0.4, -0.2) is 35.2 Å². The Hall–Kier alpha value is -3.10. The summed E-state index contributed by atoms with van der Waals surface area (Å²) < 4.78 is 33.5. The van der Waals surface area contributed by atoms with Gasteiger partial charge in [-0.2, -0.15) is 0 Å². The van der Waals surface area contributed by atoms with Crippen molar-refractivity contribution in [1.29, 1.82) is 0 Å². The fourth-order valence-electron chi connectivity index (χ4n) is 4.94. The molecule has 4 N–H and O–H groups in total. The molecule has 0 saturated carbocycles. The summed E-state index contributed by atoms with van der Waals surface area (Å²) in [7, 11) is 0. The van der Waals surface area contributed by atoms with E-state index in [1.165, 1.54) is 5.56 Å². The fraction of sp³-hybridized carbons (Fsp3) is 0.448. The van der Waals surface area contributed by atoms with E-state index < -0.39 is 17.7 Å². The van der Waals surface area contributed by atoms with Crippen LogP contribution >= 0.6 is 0 Å². The molecule has 1 aliphatic rings. The number of hydrogen-bond donors (Lipinski definition) is 3. The van der Waals surface area contributed by atoms with Crippen LogP contribution in [0.3, 0.4) is 0 Å². The molecule has 1 saturated heterocycles. The Kier molecular flexibility index (Phi) is 8.71. The highest BCUT2D eigenvalue weighted by Crippen LogP contribution is 2.32. The minimum Gasteiger partial charge on any atom is -0.490 e. The molecular formula is C29H37F2N5O. The van der Waals surface area contributed by atoms with Crippen molar-refractivity contribution < 1.29 is 13.5 Å². The van der Waals surface area contributed by atoms with Crippen LogP contribution in [0.2, 0.25) is 0 Å². The Bertz CT molecular complexity index is 1160. The van der Waals surface area contributed by atoms with Crippen LogP contribution in [0.4, 0.5) is 20.3 Å². The standard InChI is InChI=1S/C29H37F2N5O/c1-19(2)17-29(3,32)18-37-25-9-8-24(36-27(25)28(30)31)22-12-15-34-26(16-22)35-23-6-4-20(5-7-23)21-10-13-33-14-11-21/h4-9,12,15-16,19,21,28,33H,10-11,13-14,17-18,32H2,1-3H3,(H,34,35)/t29-/m0/s1. The number of anilines is 2. The highest BCUT2D eigenvalue weighted by atomic mass is 19.3. The molecule has 1 aliphatic heterocycles. The van der Waals surface area contributed by atoms with Crippen molar-refractivity contribution >= 4 is 11.5 Å². The Morgan fingerprint density at radius 2 is 1.84 bits per heavy atom. The van der Waals surface area contributed by atoms with Gasteiger partial charge < -0.3 is 21.1 Å². The molecule has 0 amide bonds. The van der Waals surface area contributed by atoms with Gasteiger partial charge in [-0.25, -0.2) is 18.7 Å². The van der Waals surface area contributed by atoms with Crippen LogP contribution in [0.15, 0.2) is 54.7 Å². The topological polar surface area (TPSA) is 85.1 Å². The van der Waals surface area contributed by atoms with Gasteiger partial charge in [-0.3, -0.25) is 0 Å². The number of piperidine rings is 1. The number of alkyl halides is 2. The average molecular weight is 510 g/mol. The van der Waals surface area contributed by atoms with Gasteiger partial charge >= 0.3 is 0 Å². The Morgan fingerprint density at radius 3 is 2.51 bits per heavy atom. The van der Waals surface area contributed by atoms with E-state index in [2.05, 4.69) is 58.7 Å². The lowest BCUT2D eigenvalue weighted by atomic mass is 9.90. The van der Waals surface area contributed by atoms with Crippen molar-refractivity contribution in [2.45, 2.75) is 57.9 Å². The first-order chi connectivity index (χ1) is 17.7. The number of nitrogens with zero attached hydrogens (tertiary/aromatic N) is 2. The van der Waals surface area contributed by atoms with Gasteiger partial charge in [0.2, 0.25) is 0 Å². The van der Waals surface area contributed by atoms with E-state index in [4.69, 9.17) is 10.5 Å². The smallest absolute Gasteiger partial charge is 0.284 e. The number of rotatable bonds is 10. The molecule has 0 radical (unpaired) electrons. The normalized spacial score (nSPS) is 16.1. The predicted octanol–water partition coefficient (Wildman–Crippen LogP) is 6.43. The summed E-state index contributed by atoms with van der Waals surface area (Å²) in [5, 5.41) is 6.71. The predicted molar refractivity (Wildman–Crippen MR) is 145 cm³/mol. The molecule has 0 aliphatic carbocycles. The third-order valence-corrected chi connectivity index (χ3v) is 6.57. The molecule has 0 unspecified atom stereocenters. The molecule has 6 nitrogen and oxygen atoms in total. The van der Waals surface area contributed by atoms with Gasteiger partial charge in [-0.1, -0.05) is 26.0 Å². The summed E-state index contributed by atoms with van der Waals surface area (Å²) >= 11 is 0. The van der Waals surface area contributed by atoms with Gasteiger partial charge in [0.1, 0.15) is 23.9 Å². The van der Waals surface area contributed by atoms with Crippen LogP contribution in [0, 0.1) is 5.92 Å². The lowest BCUT2D eigenvalue weighted by Gasteiger charge is -2.27. The molecule has 0 spiro atoms. The molecule has 0 bridgehead atoms. The van der Waals surface area contributed by atoms with Crippen molar-refractivity contribution in [1.82, 2.24) is 15.3 Å². The molecule has 1 aromatic carbocycles. The second kappa shape index (κ2) is 12.0. The highest BCUT2D eigenvalue weighted by molar-refractivity contribution is 5.66. The van der Waals surface area contributed by atoms with Gasteiger partial charge in [-0.05, 0) is 93.1 Å². The van der Waals surface area contributed by atoms with E-state index in [1.54, 1.807) is 30.5 Å². The summed E-state index contributed by atoms with van der Waals surface area (Å²) in [6.45, 7) is 8.23. The number of nitrogens with two attached hydrogens (primary N) is 1. The Morgan fingerprint density at radius 1 is 1.11 bits per heavy atom. The van der Waals surface area contributed by atoms with Gasteiger partial charge in [0.05, 0.1) is 5.69 Å². The van der Waals surface area contributed by atoms with Gasteiger partial charge in [0.15, 0.2) is 0 Å². The van der Waals surface area contributed by atoms with Crippen molar-refractivity contribution in [3.63, 3.8) is 0 Å². The summed E-state index contributed by atoms with van der Waals surface area (Å²) in [5.74, 6) is 1.63. The lowest BCUT2D eigenvalue weighted by Crippen LogP contribution is -2.43.